The summed E-state index contributed by atoms with van der Waals surface area (Å²) < 4.78 is 8.06. The van der Waals surface area contributed by atoms with Gasteiger partial charge < -0.3 is 14.2 Å². The summed E-state index contributed by atoms with van der Waals surface area (Å²) in [5.74, 6) is 0. The summed E-state index contributed by atoms with van der Waals surface area (Å²) >= 11 is 0. The fraction of sp³-hybridized carbons (Fsp3) is 1.00. The van der Waals surface area contributed by atoms with E-state index in [1.54, 1.807) is 0 Å². The first-order valence-electron chi connectivity index (χ1n) is 9.25. The Morgan fingerprint density at radius 1 is 0.571 bits per heavy atom. The minimum atomic E-state index is 0.697. The quantitative estimate of drug-likeness (QED) is 0.603. The second kappa shape index (κ2) is 9.96. The monoisotopic (exact) mass is 291 g/mol. The molecule has 21 heavy (non-hydrogen) atoms. The Morgan fingerprint density at radius 2 is 0.810 bits per heavy atom. The molecule has 0 saturated carbocycles. The summed E-state index contributed by atoms with van der Waals surface area (Å²) in [5.41, 5.74) is 0. The van der Waals surface area contributed by atoms with Crippen LogP contribution in [-0.2, 0) is 0 Å². The second-order valence-electron chi connectivity index (χ2n) is 7.10. The van der Waals surface area contributed by atoms with Crippen LogP contribution in [0.25, 0.3) is 0 Å². The van der Waals surface area contributed by atoms with Crippen molar-refractivity contribution in [1.29, 1.82) is 0 Å². The molecule has 0 radical (unpaired) electrons. The summed E-state index contributed by atoms with van der Waals surface area (Å²) in [7, 11) is 3.45. The molecule has 1 heterocycles. The average Bonchev–Trinajstić information content (AvgIpc) is 2.47. The molecule has 3 nitrogen and oxygen atoms in total. The molecule has 0 aromatic heterocycles. The normalized spacial score (nSPS) is 22.0. The van der Waals surface area contributed by atoms with Crippen LogP contribution in [0.15, 0.2) is 0 Å². The summed E-state index contributed by atoms with van der Waals surface area (Å²) in [6.45, 7) is 14.1. The fourth-order valence-corrected chi connectivity index (χ4v) is 3.47. The Bertz CT molecular complexity index is 232. The van der Waals surface area contributed by atoms with Gasteiger partial charge in [0.05, 0.1) is 0 Å². The fourth-order valence-electron chi connectivity index (χ4n) is 3.47. The number of nitrogens with zero attached hydrogens (tertiary/aromatic N) is 3. The van der Waals surface area contributed by atoms with Crippen LogP contribution in [0.4, 0.5) is 0 Å². The van der Waals surface area contributed by atoms with E-state index in [2.05, 4.69) is 55.7 Å². The van der Waals surface area contributed by atoms with Gasteiger partial charge in [0, 0.05) is 0 Å². The van der Waals surface area contributed by atoms with E-state index in [4.69, 9.17) is 0 Å². The van der Waals surface area contributed by atoms with E-state index in [1.807, 2.05) is 0 Å². The molecule has 0 amide bonds. The van der Waals surface area contributed by atoms with Gasteiger partial charge in [-0.2, -0.15) is 0 Å². The number of hydrogen-bond donors (Lipinski definition) is 0. The lowest BCUT2D eigenvalue weighted by atomic mass is 9.69. The molecular formula is C15H36B3N3. The van der Waals surface area contributed by atoms with E-state index >= 15 is 0 Å². The Labute approximate surface area is 135 Å². The van der Waals surface area contributed by atoms with Crippen LogP contribution in [0.2, 0.25) is 0 Å². The minimum absolute atomic E-state index is 0.697. The van der Waals surface area contributed by atoms with Crippen molar-refractivity contribution in [2.75, 3.05) is 0 Å². The van der Waals surface area contributed by atoms with E-state index in [0.717, 1.165) is 22.6 Å². The van der Waals surface area contributed by atoms with E-state index in [1.165, 1.54) is 38.5 Å². The summed E-state index contributed by atoms with van der Waals surface area (Å²) in [5, 5.41) is 0. The van der Waals surface area contributed by atoms with Crippen LogP contribution in [0.3, 0.4) is 0 Å². The molecule has 3 unspecified atom stereocenters. The zero-order valence-electron chi connectivity index (χ0n) is 15.4. The largest absolute Gasteiger partial charge is 0.361 e. The number of rotatable bonds is 9. The van der Waals surface area contributed by atoms with Crippen molar-refractivity contribution < 1.29 is 0 Å². The molecular weight excluding hydrogens is 255 g/mol. The molecule has 1 rings (SSSR count). The SMILES string of the molecule is CCCC(C)N1BN(C(C)CCC)BN(C(C)CCC)B1. The lowest BCUT2D eigenvalue weighted by molar-refractivity contribution is 0.336. The highest BCUT2D eigenvalue weighted by Crippen LogP contribution is 2.17. The van der Waals surface area contributed by atoms with Gasteiger partial charge in [0.1, 0.15) is 0 Å². The molecule has 3 atom stereocenters. The molecule has 1 saturated heterocycles. The van der Waals surface area contributed by atoms with Crippen molar-refractivity contribution in [3.05, 3.63) is 0 Å². The van der Waals surface area contributed by atoms with Gasteiger partial charge in [-0.3, -0.25) is 0 Å². The van der Waals surface area contributed by atoms with Crippen LogP contribution in [0.1, 0.15) is 80.1 Å². The van der Waals surface area contributed by atoms with Crippen molar-refractivity contribution in [3.8, 4) is 0 Å². The molecule has 1 fully saturated rings. The van der Waals surface area contributed by atoms with Crippen LogP contribution < -0.4 is 0 Å². The third-order valence-corrected chi connectivity index (χ3v) is 5.08. The zero-order valence-corrected chi connectivity index (χ0v) is 15.4. The average molecular weight is 291 g/mol. The van der Waals surface area contributed by atoms with Crippen molar-refractivity contribution in [1.82, 2.24) is 14.2 Å². The standard InChI is InChI=1S/C15H36B3N3/c1-7-10-13(4)19-16-20(14(5)11-8-2)18-21(17-19)15(6)12-9-3/h13-18H,7-12H2,1-6H3. The lowest BCUT2D eigenvalue weighted by Crippen LogP contribution is -2.66. The predicted octanol–water partition coefficient (Wildman–Crippen LogP) is 2.27. The Balaban J connectivity index is 2.72. The zero-order chi connectivity index (χ0) is 15.8. The van der Waals surface area contributed by atoms with Gasteiger partial charge in [-0.1, -0.05) is 60.8 Å². The highest BCUT2D eigenvalue weighted by Gasteiger charge is 2.33. The van der Waals surface area contributed by atoms with E-state index < -0.39 is 0 Å². The van der Waals surface area contributed by atoms with Gasteiger partial charge >= 0.3 is 0 Å². The molecule has 0 aromatic carbocycles. The molecule has 1 aliphatic heterocycles. The highest BCUT2D eigenvalue weighted by molar-refractivity contribution is 6.65. The van der Waals surface area contributed by atoms with Crippen molar-refractivity contribution in [2.24, 2.45) is 0 Å². The Morgan fingerprint density at radius 3 is 1.00 bits per heavy atom. The van der Waals surface area contributed by atoms with E-state index in [9.17, 15) is 0 Å². The maximum absolute atomic E-state index is 2.69. The first-order chi connectivity index (χ1) is 10.0. The molecule has 0 aromatic rings. The topological polar surface area (TPSA) is 9.72 Å². The van der Waals surface area contributed by atoms with Crippen molar-refractivity contribution in [2.45, 2.75) is 98.2 Å². The van der Waals surface area contributed by atoms with Gasteiger partial charge in [0.2, 0.25) is 0 Å². The van der Waals surface area contributed by atoms with E-state index in [-0.39, 0.29) is 0 Å². The summed E-state index contributed by atoms with van der Waals surface area (Å²) in [4.78, 5) is 0. The molecule has 120 valence electrons. The van der Waals surface area contributed by atoms with Gasteiger partial charge in [0.25, 0.3) is 22.6 Å². The molecule has 0 aliphatic carbocycles. The van der Waals surface area contributed by atoms with Gasteiger partial charge in [0.15, 0.2) is 0 Å². The van der Waals surface area contributed by atoms with Crippen LogP contribution >= 0.6 is 0 Å². The second-order valence-corrected chi connectivity index (χ2v) is 7.10. The van der Waals surface area contributed by atoms with Gasteiger partial charge in [-0.05, 0) is 37.4 Å². The molecule has 6 heteroatoms. The lowest BCUT2D eigenvalue weighted by Gasteiger charge is -2.47. The molecule has 0 bridgehead atoms. The molecule has 0 spiro atoms. The third kappa shape index (κ3) is 6.00. The van der Waals surface area contributed by atoms with Gasteiger partial charge in [-0.15, -0.1) is 0 Å². The van der Waals surface area contributed by atoms with Crippen molar-refractivity contribution >= 4 is 22.6 Å². The molecule has 1 aliphatic rings. The summed E-state index contributed by atoms with van der Waals surface area (Å²) in [6, 6.07) is 2.09. The Hall–Kier alpha value is 0.0748. The van der Waals surface area contributed by atoms with Crippen LogP contribution in [0, 0.1) is 0 Å². The van der Waals surface area contributed by atoms with Crippen LogP contribution in [0.5, 0.6) is 0 Å². The van der Waals surface area contributed by atoms with Gasteiger partial charge in [-0.25, -0.2) is 0 Å². The Kier molecular flexibility index (Phi) is 9.07. The maximum Gasteiger partial charge on any atom is 0.271 e. The summed E-state index contributed by atoms with van der Waals surface area (Å²) in [6.07, 6.45) is 7.79. The smallest absolute Gasteiger partial charge is 0.271 e. The number of hydrogen-bond acceptors (Lipinski definition) is 3. The molecule has 0 N–H and O–H groups in total. The first-order valence-corrected chi connectivity index (χ1v) is 9.25. The first kappa shape index (κ1) is 19.1. The highest BCUT2D eigenvalue weighted by atomic mass is 15.3. The van der Waals surface area contributed by atoms with Crippen molar-refractivity contribution in [3.63, 3.8) is 0 Å². The predicted molar refractivity (Wildman–Crippen MR) is 100 cm³/mol. The minimum Gasteiger partial charge on any atom is -0.361 e. The van der Waals surface area contributed by atoms with Crippen LogP contribution in [-0.4, -0.2) is 54.9 Å². The van der Waals surface area contributed by atoms with E-state index in [0.29, 0.717) is 18.1 Å². The maximum atomic E-state index is 2.69. The third-order valence-electron chi connectivity index (χ3n) is 5.08.